The molecule has 3 aromatic rings. The fourth-order valence-corrected chi connectivity index (χ4v) is 3.30. The van der Waals surface area contributed by atoms with E-state index in [0.717, 1.165) is 54.3 Å². The van der Waals surface area contributed by atoms with Crippen LogP contribution in [-0.2, 0) is 6.42 Å². The predicted molar refractivity (Wildman–Crippen MR) is 92.7 cm³/mol. The Bertz CT molecular complexity index is 840. The lowest BCUT2D eigenvalue weighted by Gasteiger charge is -2.11. The average Bonchev–Trinajstić information content (AvgIpc) is 3.12. The third-order valence-electron chi connectivity index (χ3n) is 4.02. The van der Waals surface area contributed by atoms with Gasteiger partial charge in [0.05, 0.1) is 17.0 Å². The predicted octanol–water partition coefficient (Wildman–Crippen LogP) is 5.19. The summed E-state index contributed by atoms with van der Waals surface area (Å²) in [6.07, 6.45) is 4.85. The van der Waals surface area contributed by atoms with Crippen molar-refractivity contribution in [1.29, 1.82) is 0 Å². The quantitative estimate of drug-likeness (QED) is 0.693. The number of benzene rings is 1. The summed E-state index contributed by atoms with van der Waals surface area (Å²) >= 11 is 12.5. The molecule has 0 radical (unpaired) electrons. The van der Waals surface area contributed by atoms with Gasteiger partial charge in [-0.2, -0.15) is 5.10 Å². The Morgan fingerprint density at radius 2 is 2.09 bits per heavy atom. The number of rotatable bonds is 2. The van der Waals surface area contributed by atoms with Crippen LogP contribution in [0.15, 0.2) is 41.0 Å². The molecule has 3 heterocycles. The Morgan fingerprint density at radius 3 is 2.91 bits per heavy atom. The summed E-state index contributed by atoms with van der Waals surface area (Å²) < 4.78 is 7.41. The molecule has 0 amide bonds. The van der Waals surface area contributed by atoms with Crippen molar-refractivity contribution in [2.24, 2.45) is 0 Å². The van der Waals surface area contributed by atoms with Crippen LogP contribution in [0.5, 0.6) is 0 Å². The van der Waals surface area contributed by atoms with Crippen LogP contribution >= 0.6 is 23.2 Å². The molecule has 0 aliphatic carbocycles. The van der Waals surface area contributed by atoms with Crippen molar-refractivity contribution in [3.63, 3.8) is 0 Å². The van der Waals surface area contributed by atoms with Crippen LogP contribution in [0.25, 0.3) is 17.1 Å². The number of furan rings is 1. The first-order valence-electron chi connectivity index (χ1n) is 7.59. The van der Waals surface area contributed by atoms with Crippen LogP contribution in [-0.4, -0.2) is 16.3 Å². The molecule has 0 saturated carbocycles. The highest BCUT2D eigenvalue weighted by atomic mass is 35.5. The fraction of sp³-hybridized carbons (Fsp3) is 0.235. The van der Waals surface area contributed by atoms with E-state index in [4.69, 9.17) is 32.7 Å². The maximum atomic E-state index is 6.38. The summed E-state index contributed by atoms with van der Waals surface area (Å²) in [5.74, 6) is 1.74. The molecule has 1 N–H and O–H groups in total. The van der Waals surface area contributed by atoms with Gasteiger partial charge in [0.25, 0.3) is 0 Å². The Kier molecular flexibility index (Phi) is 3.79. The molecule has 6 heteroatoms. The molecule has 0 atom stereocenters. The largest absolute Gasteiger partial charge is 0.463 e. The second kappa shape index (κ2) is 5.95. The summed E-state index contributed by atoms with van der Waals surface area (Å²) in [7, 11) is 0. The lowest BCUT2D eigenvalue weighted by atomic mass is 10.1. The number of hydrogen-bond acceptors (Lipinski definition) is 3. The molecule has 2 aromatic heterocycles. The lowest BCUT2D eigenvalue weighted by molar-refractivity contribution is 0.578. The Balaban J connectivity index is 1.95. The van der Waals surface area contributed by atoms with Gasteiger partial charge >= 0.3 is 0 Å². The summed E-state index contributed by atoms with van der Waals surface area (Å²) in [5.41, 5.74) is 2.78. The number of fused-ring (bicyclic) bond motifs is 1. The summed E-state index contributed by atoms with van der Waals surface area (Å²) in [6, 6.07) is 9.19. The van der Waals surface area contributed by atoms with Crippen molar-refractivity contribution in [2.45, 2.75) is 19.3 Å². The average molecular weight is 348 g/mol. The highest BCUT2D eigenvalue weighted by Crippen LogP contribution is 2.36. The van der Waals surface area contributed by atoms with E-state index in [1.165, 1.54) is 0 Å². The molecule has 23 heavy (non-hydrogen) atoms. The molecular formula is C17H15Cl2N3O. The molecule has 0 fully saturated rings. The molecule has 118 valence electrons. The van der Waals surface area contributed by atoms with E-state index < -0.39 is 0 Å². The molecule has 4 nitrogen and oxygen atoms in total. The zero-order chi connectivity index (χ0) is 15.8. The van der Waals surface area contributed by atoms with Crippen molar-refractivity contribution in [1.82, 2.24) is 9.78 Å². The van der Waals surface area contributed by atoms with E-state index in [0.29, 0.717) is 10.0 Å². The maximum Gasteiger partial charge on any atom is 0.154 e. The normalized spacial score (nSPS) is 14.2. The number of aromatic nitrogens is 2. The van der Waals surface area contributed by atoms with Gasteiger partial charge in [-0.3, -0.25) is 0 Å². The van der Waals surface area contributed by atoms with Gasteiger partial charge in [0, 0.05) is 17.1 Å². The van der Waals surface area contributed by atoms with Gasteiger partial charge in [-0.1, -0.05) is 23.2 Å². The number of halogens is 2. The molecule has 0 unspecified atom stereocenters. The molecule has 4 rings (SSSR count). The van der Waals surface area contributed by atoms with Crippen LogP contribution in [0.4, 0.5) is 5.82 Å². The van der Waals surface area contributed by atoms with Crippen molar-refractivity contribution < 1.29 is 4.42 Å². The number of hydrogen-bond donors (Lipinski definition) is 1. The second-order valence-corrected chi connectivity index (χ2v) is 6.39. The first-order chi connectivity index (χ1) is 11.2. The minimum absolute atomic E-state index is 0.608. The molecule has 0 saturated heterocycles. The fourth-order valence-electron chi connectivity index (χ4n) is 2.94. The standard InChI is InChI=1S/C17H15Cl2N3O/c18-11-6-7-13(19)14(10-11)22-17-12(4-1-2-8-20-17)16(21-22)15-5-3-9-23-15/h3,5-7,9-10,20H,1-2,4,8H2. The lowest BCUT2D eigenvalue weighted by Crippen LogP contribution is -2.07. The van der Waals surface area contributed by atoms with Crippen molar-refractivity contribution in [3.05, 3.63) is 52.2 Å². The minimum Gasteiger partial charge on any atom is -0.463 e. The maximum absolute atomic E-state index is 6.38. The van der Waals surface area contributed by atoms with Gasteiger partial charge in [0.2, 0.25) is 0 Å². The van der Waals surface area contributed by atoms with E-state index in [2.05, 4.69) is 5.32 Å². The molecule has 1 aromatic carbocycles. The Labute approximate surface area is 144 Å². The van der Waals surface area contributed by atoms with E-state index >= 15 is 0 Å². The Morgan fingerprint density at radius 1 is 1.17 bits per heavy atom. The van der Waals surface area contributed by atoms with Crippen LogP contribution < -0.4 is 5.32 Å². The molecule has 1 aliphatic rings. The van der Waals surface area contributed by atoms with Gasteiger partial charge < -0.3 is 9.73 Å². The Hall–Kier alpha value is -1.91. The summed E-state index contributed by atoms with van der Waals surface area (Å²) in [5, 5.41) is 9.48. The number of anilines is 1. The molecular weight excluding hydrogens is 333 g/mol. The van der Waals surface area contributed by atoms with Crippen molar-refractivity contribution in [2.75, 3.05) is 11.9 Å². The first kappa shape index (κ1) is 14.7. The highest BCUT2D eigenvalue weighted by Gasteiger charge is 2.23. The van der Waals surface area contributed by atoms with E-state index in [-0.39, 0.29) is 0 Å². The first-order valence-corrected chi connectivity index (χ1v) is 8.35. The zero-order valence-corrected chi connectivity index (χ0v) is 13.9. The van der Waals surface area contributed by atoms with Crippen molar-refractivity contribution >= 4 is 29.0 Å². The molecule has 0 bridgehead atoms. The van der Waals surface area contributed by atoms with Crippen LogP contribution in [0.1, 0.15) is 18.4 Å². The van der Waals surface area contributed by atoms with E-state index in [1.54, 1.807) is 18.4 Å². The third-order valence-corrected chi connectivity index (χ3v) is 4.58. The topological polar surface area (TPSA) is 43.0 Å². The minimum atomic E-state index is 0.608. The summed E-state index contributed by atoms with van der Waals surface area (Å²) in [4.78, 5) is 0. The molecule has 1 aliphatic heterocycles. The second-order valence-electron chi connectivity index (χ2n) is 5.54. The van der Waals surface area contributed by atoms with Crippen molar-refractivity contribution in [3.8, 4) is 17.1 Å². The zero-order valence-electron chi connectivity index (χ0n) is 12.4. The van der Waals surface area contributed by atoms with E-state index in [1.807, 2.05) is 22.9 Å². The number of nitrogens with zero attached hydrogens (tertiary/aromatic N) is 2. The monoisotopic (exact) mass is 347 g/mol. The van der Waals surface area contributed by atoms with Crippen LogP contribution in [0.2, 0.25) is 10.0 Å². The molecule has 0 spiro atoms. The smallest absolute Gasteiger partial charge is 0.154 e. The van der Waals surface area contributed by atoms with E-state index in [9.17, 15) is 0 Å². The third kappa shape index (κ3) is 2.62. The van der Waals surface area contributed by atoms with Crippen LogP contribution in [0.3, 0.4) is 0 Å². The van der Waals surface area contributed by atoms with Crippen LogP contribution in [0, 0.1) is 0 Å². The van der Waals surface area contributed by atoms with Gasteiger partial charge in [0.1, 0.15) is 11.5 Å². The number of nitrogens with one attached hydrogen (secondary N) is 1. The summed E-state index contributed by atoms with van der Waals surface area (Å²) in [6.45, 7) is 0.911. The van der Waals surface area contributed by atoms with Gasteiger partial charge in [-0.25, -0.2) is 4.68 Å². The highest BCUT2D eigenvalue weighted by molar-refractivity contribution is 6.34. The van der Waals surface area contributed by atoms with Gasteiger partial charge in [0.15, 0.2) is 5.76 Å². The van der Waals surface area contributed by atoms with Gasteiger partial charge in [-0.05, 0) is 49.6 Å². The SMILES string of the molecule is Clc1ccc(Cl)c(-n2nc(-c3ccco3)c3c2NCCCC3)c1. The van der Waals surface area contributed by atoms with Gasteiger partial charge in [-0.15, -0.1) is 0 Å².